The number of methoxy groups -OCH3 is 1. The lowest BCUT2D eigenvalue weighted by molar-refractivity contribution is 0.414. The van der Waals surface area contributed by atoms with E-state index in [4.69, 9.17) is 4.74 Å². The maximum absolute atomic E-state index is 13.4. The predicted molar refractivity (Wildman–Crippen MR) is 79.9 cm³/mol. The number of ether oxygens (including phenoxy) is 1. The lowest BCUT2D eigenvalue weighted by Crippen LogP contribution is -2.17. The molecule has 0 spiro atoms. The van der Waals surface area contributed by atoms with E-state index in [9.17, 15) is 9.18 Å². The van der Waals surface area contributed by atoms with Crippen molar-refractivity contribution in [2.75, 3.05) is 7.11 Å². The monoisotopic (exact) mass is 299 g/mol. The van der Waals surface area contributed by atoms with Crippen LogP contribution >= 0.6 is 0 Å². The molecule has 1 aromatic heterocycles. The molecule has 0 radical (unpaired) electrons. The highest BCUT2D eigenvalue weighted by atomic mass is 19.1. The molecular weight excluding hydrogens is 285 g/mol. The van der Waals surface area contributed by atoms with E-state index < -0.39 is 11.5 Å². The molecule has 22 heavy (non-hydrogen) atoms. The van der Waals surface area contributed by atoms with Crippen molar-refractivity contribution < 1.29 is 9.13 Å². The number of nitrogens with one attached hydrogen (secondary N) is 1. The zero-order valence-corrected chi connectivity index (χ0v) is 11.9. The molecule has 5 nitrogen and oxygen atoms in total. The van der Waals surface area contributed by atoms with Crippen LogP contribution < -0.4 is 10.4 Å². The summed E-state index contributed by atoms with van der Waals surface area (Å²) in [5, 5.41) is 6.44. The zero-order chi connectivity index (χ0) is 15.5. The molecule has 3 aromatic rings. The highest BCUT2D eigenvalue weighted by molar-refractivity contribution is 5.35. The van der Waals surface area contributed by atoms with Gasteiger partial charge in [0.25, 0.3) is 0 Å². The van der Waals surface area contributed by atoms with Gasteiger partial charge >= 0.3 is 5.69 Å². The van der Waals surface area contributed by atoms with Crippen molar-refractivity contribution in [2.24, 2.45) is 0 Å². The summed E-state index contributed by atoms with van der Waals surface area (Å²) in [6.45, 7) is 0. The number of halogens is 1. The average molecular weight is 299 g/mol. The summed E-state index contributed by atoms with van der Waals surface area (Å²) in [5.74, 6) is 0.870. The second-order valence-electron chi connectivity index (χ2n) is 4.79. The van der Waals surface area contributed by atoms with Crippen LogP contribution in [0, 0.1) is 5.82 Å². The first-order chi connectivity index (χ1) is 10.7. The van der Waals surface area contributed by atoms with E-state index in [1.54, 1.807) is 19.2 Å². The normalized spacial score (nSPS) is 10.6. The van der Waals surface area contributed by atoms with Crippen LogP contribution in [0.2, 0.25) is 0 Å². The first kappa shape index (κ1) is 14.1. The summed E-state index contributed by atoms with van der Waals surface area (Å²) in [4.78, 5) is 11.9. The first-order valence-corrected chi connectivity index (χ1v) is 6.72. The summed E-state index contributed by atoms with van der Waals surface area (Å²) in [6, 6.07) is 13.3. The van der Waals surface area contributed by atoms with Gasteiger partial charge in [-0.05, 0) is 35.9 Å². The Kier molecular flexibility index (Phi) is 3.74. The minimum absolute atomic E-state index is 0.394. The number of rotatable bonds is 4. The Balaban J connectivity index is 1.96. The van der Waals surface area contributed by atoms with Gasteiger partial charge in [0, 0.05) is 6.42 Å². The van der Waals surface area contributed by atoms with E-state index in [-0.39, 0.29) is 0 Å². The molecule has 1 heterocycles. The van der Waals surface area contributed by atoms with E-state index in [0.29, 0.717) is 17.9 Å². The van der Waals surface area contributed by atoms with Crippen molar-refractivity contribution in [1.29, 1.82) is 0 Å². The Morgan fingerprint density at radius 3 is 2.68 bits per heavy atom. The molecule has 0 atom stereocenters. The van der Waals surface area contributed by atoms with Gasteiger partial charge < -0.3 is 4.74 Å². The fourth-order valence-corrected chi connectivity index (χ4v) is 2.26. The number of benzene rings is 2. The average Bonchev–Trinajstić information content (AvgIpc) is 2.89. The second kappa shape index (κ2) is 5.85. The predicted octanol–water partition coefficient (Wildman–Crippen LogP) is 2.30. The Bertz CT molecular complexity index is 837. The third-order valence-corrected chi connectivity index (χ3v) is 3.33. The molecule has 2 aromatic carbocycles. The molecule has 112 valence electrons. The van der Waals surface area contributed by atoms with Crippen molar-refractivity contribution in [3.05, 3.63) is 76.2 Å². The second-order valence-corrected chi connectivity index (χ2v) is 4.79. The third-order valence-electron chi connectivity index (χ3n) is 3.33. The van der Waals surface area contributed by atoms with E-state index in [1.165, 1.54) is 16.7 Å². The molecular formula is C16H14FN3O2. The maximum atomic E-state index is 13.4. The fourth-order valence-electron chi connectivity index (χ4n) is 2.26. The van der Waals surface area contributed by atoms with Crippen molar-refractivity contribution in [2.45, 2.75) is 6.42 Å². The molecule has 0 aliphatic heterocycles. The van der Waals surface area contributed by atoms with E-state index >= 15 is 0 Å². The van der Waals surface area contributed by atoms with Gasteiger partial charge in [0.2, 0.25) is 0 Å². The number of hydrogen-bond donors (Lipinski definition) is 1. The van der Waals surface area contributed by atoms with Crippen LogP contribution in [-0.2, 0) is 6.42 Å². The molecule has 0 aliphatic carbocycles. The van der Waals surface area contributed by atoms with Gasteiger partial charge in [0.05, 0.1) is 12.8 Å². The van der Waals surface area contributed by atoms with E-state index in [1.807, 2.05) is 24.3 Å². The molecule has 1 N–H and O–H groups in total. The van der Waals surface area contributed by atoms with E-state index in [2.05, 4.69) is 10.2 Å². The molecule has 0 unspecified atom stereocenters. The lowest BCUT2D eigenvalue weighted by atomic mass is 10.1. The van der Waals surface area contributed by atoms with Crippen LogP contribution in [0.3, 0.4) is 0 Å². The summed E-state index contributed by atoms with van der Waals surface area (Å²) >= 11 is 0. The van der Waals surface area contributed by atoms with Crippen LogP contribution in [0.4, 0.5) is 4.39 Å². The summed E-state index contributed by atoms with van der Waals surface area (Å²) in [7, 11) is 1.60. The highest BCUT2D eigenvalue weighted by Gasteiger charge is 2.11. The molecule has 0 saturated heterocycles. The quantitative estimate of drug-likeness (QED) is 0.804. The topological polar surface area (TPSA) is 59.9 Å². The molecule has 0 fully saturated rings. The van der Waals surface area contributed by atoms with Gasteiger partial charge in [-0.2, -0.15) is 5.10 Å². The molecule has 0 bridgehead atoms. The molecule has 0 saturated carbocycles. The SMILES string of the molecule is COc1ccc(Cc2n[nH]c(=O)n2-c2cccc(F)c2)cc1. The van der Waals surface area contributed by atoms with Crippen molar-refractivity contribution in [1.82, 2.24) is 14.8 Å². The highest BCUT2D eigenvalue weighted by Crippen LogP contribution is 2.15. The minimum atomic E-state index is -0.402. The number of aromatic nitrogens is 3. The van der Waals surface area contributed by atoms with Crippen LogP contribution in [0.25, 0.3) is 5.69 Å². The fraction of sp³-hybridized carbons (Fsp3) is 0.125. The van der Waals surface area contributed by atoms with Gasteiger partial charge in [-0.3, -0.25) is 0 Å². The Morgan fingerprint density at radius 2 is 2.00 bits per heavy atom. The van der Waals surface area contributed by atoms with Crippen molar-refractivity contribution >= 4 is 0 Å². The first-order valence-electron chi connectivity index (χ1n) is 6.72. The number of hydrogen-bond acceptors (Lipinski definition) is 3. The summed E-state index contributed by atoms with van der Waals surface area (Å²) < 4.78 is 19.9. The standard InChI is InChI=1S/C16H14FN3O2/c1-22-14-7-5-11(6-8-14)9-15-18-19-16(21)20(15)13-4-2-3-12(17)10-13/h2-8,10H,9H2,1H3,(H,19,21). The zero-order valence-electron chi connectivity index (χ0n) is 11.9. The minimum Gasteiger partial charge on any atom is -0.497 e. The van der Waals surface area contributed by atoms with Gasteiger partial charge in [-0.15, -0.1) is 0 Å². The lowest BCUT2D eigenvalue weighted by Gasteiger charge is -2.06. The maximum Gasteiger partial charge on any atom is 0.347 e. The Labute approximate surface area is 126 Å². The number of H-pyrrole nitrogens is 1. The molecule has 3 rings (SSSR count). The largest absolute Gasteiger partial charge is 0.497 e. The summed E-state index contributed by atoms with van der Waals surface area (Å²) in [5.41, 5.74) is 1.02. The Hall–Kier alpha value is -2.89. The third kappa shape index (κ3) is 2.76. The molecule has 0 amide bonds. The smallest absolute Gasteiger partial charge is 0.347 e. The van der Waals surface area contributed by atoms with Crippen molar-refractivity contribution in [3.8, 4) is 11.4 Å². The summed E-state index contributed by atoms with van der Waals surface area (Å²) in [6.07, 6.45) is 0.444. The molecule has 0 aliphatic rings. The van der Waals surface area contributed by atoms with Gasteiger partial charge in [-0.25, -0.2) is 18.9 Å². The molecule has 6 heteroatoms. The van der Waals surface area contributed by atoms with Crippen LogP contribution in [0.5, 0.6) is 5.75 Å². The van der Waals surface area contributed by atoms with Gasteiger partial charge in [0.1, 0.15) is 17.4 Å². The van der Waals surface area contributed by atoms with Crippen LogP contribution in [0.1, 0.15) is 11.4 Å². The van der Waals surface area contributed by atoms with Gasteiger partial charge in [0.15, 0.2) is 0 Å². The van der Waals surface area contributed by atoms with Crippen molar-refractivity contribution in [3.63, 3.8) is 0 Å². The van der Waals surface area contributed by atoms with Crippen LogP contribution in [-0.4, -0.2) is 21.9 Å². The van der Waals surface area contributed by atoms with E-state index in [0.717, 1.165) is 11.3 Å². The number of nitrogens with zero attached hydrogens (tertiary/aromatic N) is 2. The van der Waals surface area contributed by atoms with Gasteiger partial charge in [-0.1, -0.05) is 18.2 Å². The number of aromatic amines is 1. The van der Waals surface area contributed by atoms with Crippen LogP contribution in [0.15, 0.2) is 53.3 Å². The Morgan fingerprint density at radius 1 is 1.23 bits per heavy atom.